The number of likely N-dealkylation sites (tertiary alicyclic amines) is 1. The van der Waals surface area contributed by atoms with E-state index in [0.29, 0.717) is 4.77 Å². The molecule has 2 aromatic rings. The summed E-state index contributed by atoms with van der Waals surface area (Å²) in [6, 6.07) is 5.28. The van der Waals surface area contributed by atoms with Crippen LogP contribution in [0.2, 0.25) is 0 Å². The molecule has 0 aliphatic carbocycles. The molecule has 1 unspecified atom stereocenters. The van der Waals surface area contributed by atoms with Crippen molar-refractivity contribution in [3.8, 4) is 0 Å². The molecule has 5 nitrogen and oxygen atoms in total. The van der Waals surface area contributed by atoms with Gasteiger partial charge in [-0.05, 0) is 30.8 Å². The third-order valence-corrected chi connectivity index (χ3v) is 3.91. The summed E-state index contributed by atoms with van der Waals surface area (Å²) in [7, 11) is 1.51. The smallest absolute Gasteiger partial charge is 0.252 e. The van der Waals surface area contributed by atoms with Gasteiger partial charge in [-0.25, -0.2) is 0 Å². The first-order valence-corrected chi connectivity index (χ1v) is 6.41. The molecule has 0 bridgehead atoms. The van der Waals surface area contributed by atoms with E-state index in [2.05, 4.69) is 4.98 Å². The van der Waals surface area contributed by atoms with Gasteiger partial charge < -0.3 is 9.55 Å². The number of carbonyl (C=O) groups is 2. The van der Waals surface area contributed by atoms with E-state index in [1.54, 1.807) is 4.57 Å². The molecule has 2 amide bonds. The van der Waals surface area contributed by atoms with Crippen molar-refractivity contribution in [2.24, 2.45) is 0 Å². The fraction of sp³-hybridized carbons (Fsp3) is 0.308. The van der Waals surface area contributed by atoms with Gasteiger partial charge in [0.25, 0.3) is 5.91 Å². The van der Waals surface area contributed by atoms with E-state index in [1.165, 1.54) is 11.9 Å². The molecule has 0 radical (unpaired) electrons. The van der Waals surface area contributed by atoms with Crippen LogP contribution < -0.4 is 0 Å². The number of aromatic amines is 1. The largest absolute Gasteiger partial charge is 0.331 e. The number of benzene rings is 1. The number of likely N-dealkylation sites (N-methyl/N-ethyl adjacent to an activating group) is 1. The molecule has 1 aromatic heterocycles. The third-order valence-electron chi connectivity index (χ3n) is 3.61. The number of H-pyrrole nitrogens is 1. The number of hydrogen-bond donors (Lipinski definition) is 1. The van der Waals surface area contributed by atoms with Crippen LogP contribution in [0.15, 0.2) is 18.2 Å². The molecule has 98 valence electrons. The number of aryl methyl sites for hydroxylation is 1. The second-order valence-electron chi connectivity index (χ2n) is 4.78. The molecule has 3 rings (SSSR count). The summed E-state index contributed by atoms with van der Waals surface area (Å²) in [6.45, 7) is 1.96. The molecule has 1 aliphatic heterocycles. The first kappa shape index (κ1) is 12.1. The minimum absolute atomic E-state index is 0.167. The Hall–Kier alpha value is -1.95. The van der Waals surface area contributed by atoms with Crippen molar-refractivity contribution in [2.45, 2.75) is 19.4 Å². The zero-order valence-corrected chi connectivity index (χ0v) is 11.5. The number of para-hydroxylation sites is 1. The van der Waals surface area contributed by atoms with Crippen LogP contribution in [0.4, 0.5) is 0 Å². The predicted octanol–water partition coefficient (Wildman–Crippen LogP) is 1.94. The van der Waals surface area contributed by atoms with Crippen LogP contribution in [0.1, 0.15) is 18.0 Å². The molecule has 1 aliphatic rings. The summed E-state index contributed by atoms with van der Waals surface area (Å²) >= 11 is 5.30. The lowest BCUT2D eigenvalue weighted by molar-refractivity contribution is -0.137. The fourth-order valence-electron chi connectivity index (χ4n) is 2.59. The highest BCUT2D eigenvalue weighted by Gasteiger charge is 2.38. The van der Waals surface area contributed by atoms with Gasteiger partial charge in [0.2, 0.25) is 5.91 Å². The Bertz CT molecular complexity index is 759. The number of imidazole rings is 1. The lowest BCUT2D eigenvalue weighted by Crippen LogP contribution is -2.27. The van der Waals surface area contributed by atoms with Crippen molar-refractivity contribution in [3.63, 3.8) is 0 Å². The summed E-state index contributed by atoms with van der Waals surface area (Å²) in [6.07, 6.45) is 0.172. The predicted molar refractivity (Wildman–Crippen MR) is 73.3 cm³/mol. The highest BCUT2D eigenvalue weighted by atomic mass is 32.1. The second kappa shape index (κ2) is 4.03. The van der Waals surface area contributed by atoms with Gasteiger partial charge in [-0.15, -0.1) is 0 Å². The van der Waals surface area contributed by atoms with E-state index in [-0.39, 0.29) is 18.2 Å². The Kier molecular flexibility index (Phi) is 2.56. The van der Waals surface area contributed by atoms with E-state index in [9.17, 15) is 9.59 Å². The summed E-state index contributed by atoms with van der Waals surface area (Å²) in [4.78, 5) is 28.1. The van der Waals surface area contributed by atoms with Crippen molar-refractivity contribution in [1.82, 2.24) is 14.5 Å². The van der Waals surface area contributed by atoms with Gasteiger partial charge in [0.05, 0.1) is 17.5 Å². The first-order valence-electron chi connectivity index (χ1n) is 6.01. The molecule has 0 spiro atoms. The van der Waals surface area contributed by atoms with Crippen LogP contribution in [-0.2, 0) is 9.59 Å². The van der Waals surface area contributed by atoms with E-state index in [1.807, 2.05) is 25.1 Å². The third kappa shape index (κ3) is 1.63. The molecule has 1 aromatic carbocycles. The van der Waals surface area contributed by atoms with Crippen molar-refractivity contribution in [3.05, 3.63) is 28.5 Å². The number of amides is 2. The molecule has 1 saturated heterocycles. The van der Waals surface area contributed by atoms with Gasteiger partial charge >= 0.3 is 0 Å². The molecule has 2 heterocycles. The van der Waals surface area contributed by atoms with Crippen molar-refractivity contribution in [2.75, 3.05) is 7.05 Å². The Labute approximate surface area is 114 Å². The van der Waals surface area contributed by atoms with Crippen LogP contribution in [0.5, 0.6) is 0 Å². The number of carbonyl (C=O) groups excluding carboxylic acids is 2. The van der Waals surface area contributed by atoms with E-state index >= 15 is 0 Å². The highest BCUT2D eigenvalue weighted by Crippen LogP contribution is 2.29. The molecule has 1 fully saturated rings. The quantitative estimate of drug-likeness (QED) is 0.639. The number of imide groups is 1. The van der Waals surface area contributed by atoms with Gasteiger partial charge in [-0.2, -0.15) is 0 Å². The normalized spacial score (nSPS) is 19.7. The SMILES string of the molecule is Cc1cccc2[nH]c(=S)n(C3CC(=O)N(C)C3=O)c12. The molecule has 19 heavy (non-hydrogen) atoms. The van der Waals surface area contributed by atoms with Crippen molar-refractivity contribution < 1.29 is 9.59 Å². The maximum absolute atomic E-state index is 12.1. The first-order chi connectivity index (χ1) is 9.00. The highest BCUT2D eigenvalue weighted by molar-refractivity contribution is 7.71. The fourth-order valence-corrected chi connectivity index (χ4v) is 2.92. The minimum Gasteiger partial charge on any atom is -0.331 e. The zero-order valence-electron chi connectivity index (χ0n) is 10.6. The maximum Gasteiger partial charge on any atom is 0.252 e. The van der Waals surface area contributed by atoms with Crippen molar-refractivity contribution in [1.29, 1.82) is 0 Å². The molecule has 1 atom stereocenters. The van der Waals surface area contributed by atoms with Gasteiger partial charge in [0.15, 0.2) is 4.77 Å². The molecular weight excluding hydrogens is 262 g/mol. The van der Waals surface area contributed by atoms with Crippen LogP contribution >= 0.6 is 12.2 Å². The summed E-state index contributed by atoms with van der Waals surface area (Å²) in [5.74, 6) is -0.370. The number of aromatic nitrogens is 2. The lowest BCUT2D eigenvalue weighted by Gasteiger charge is -2.12. The number of nitrogens with zero attached hydrogens (tertiary/aromatic N) is 2. The van der Waals surface area contributed by atoms with Gasteiger partial charge in [-0.1, -0.05) is 12.1 Å². The second-order valence-corrected chi connectivity index (χ2v) is 5.17. The number of fused-ring (bicyclic) bond motifs is 1. The van der Waals surface area contributed by atoms with Crippen molar-refractivity contribution >= 4 is 35.1 Å². The van der Waals surface area contributed by atoms with Gasteiger partial charge in [0.1, 0.15) is 6.04 Å². The van der Waals surface area contributed by atoms with Gasteiger partial charge in [0, 0.05) is 7.05 Å². The molecular formula is C13H13N3O2S. The topological polar surface area (TPSA) is 58.1 Å². The monoisotopic (exact) mass is 275 g/mol. The van der Waals surface area contributed by atoms with Crippen LogP contribution in [0.25, 0.3) is 11.0 Å². The Balaban J connectivity index is 2.27. The number of hydrogen-bond acceptors (Lipinski definition) is 3. The summed E-state index contributed by atoms with van der Waals surface area (Å²) in [5, 5.41) is 0. The Morgan fingerprint density at radius 1 is 1.37 bits per heavy atom. The summed E-state index contributed by atoms with van der Waals surface area (Å²) < 4.78 is 2.25. The number of rotatable bonds is 1. The minimum atomic E-state index is -0.528. The summed E-state index contributed by atoms with van der Waals surface area (Å²) in [5.41, 5.74) is 2.81. The lowest BCUT2D eigenvalue weighted by atomic mass is 10.1. The van der Waals surface area contributed by atoms with E-state index < -0.39 is 6.04 Å². The number of nitrogens with one attached hydrogen (secondary N) is 1. The van der Waals surface area contributed by atoms with E-state index in [4.69, 9.17) is 12.2 Å². The molecule has 6 heteroatoms. The average Bonchev–Trinajstić information content (AvgIpc) is 2.82. The Morgan fingerprint density at radius 2 is 2.11 bits per heavy atom. The van der Waals surface area contributed by atoms with E-state index in [0.717, 1.165) is 16.6 Å². The Morgan fingerprint density at radius 3 is 2.74 bits per heavy atom. The zero-order chi connectivity index (χ0) is 13.7. The standard InChI is InChI=1S/C13H13N3O2S/c1-7-4-3-5-8-11(7)16(13(19)14-8)9-6-10(17)15(2)12(9)18/h3-5,9H,6H2,1-2H3,(H,14,19). The van der Waals surface area contributed by atoms with Gasteiger partial charge in [-0.3, -0.25) is 14.5 Å². The molecule has 0 saturated carbocycles. The maximum atomic E-state index is 12.1. The van der Waals surface area contributed by atoms with Crippen LogP contribution in [-0.4, -0.2) is 33.3 Å². The average molecular weight is 275 g/mol. The van der Waals surface area contributed by atoms with Crippen LogP contribution in [0, 0.1) is 11.7 Å². The van der Waals surface area contributed by atoms with Crippen LogP contribution in [0.3, 0.4) is 0 Å². The molecule has 1 N–H and O–H groups in total.